The molecule has 14 heteroatoms. The van der Waals surface area contributed by atoms with E-state index in [0.717, 1.165) is 11.0 Å². The van der Waals surface area contributed by atoms with E-state index in [1.54, 1.807) is 38.1 Å². The van der Waals surface area contributed by atoms with Crippen molar-refractivity contribution in [2.45, 2.75) is 38.1 Å². The number of carbonyl (C=O) groups is 2. The maximum atomic E-state index is 13.6. The minimum absolute atomic E-state index is 0.0476. The van der Waals surface area contributed by atoms with Crippen LogP contribution in [0.4, 0.5) is 24.5 Å². The molecule has 3 heterocycles. The van der Waals surface area contributed by atoms with Crippen LogP contribution >= 0.6 is 0 Å². The number of likely N-dealkylation sites (tertiary alicyclic amines) is 1. The number of amides is 2. The molecule has 0 aliphatic carbocycles. The number of hydrogen-bond donors (Lipinski definition) is 1. The molecule has 3 saturated heterocycles. The summed E-state index contributed by atoms with van der Waals surface area (Å²) in [6, 6.07) is 10.8. The molecular weight excluding hydrogens is 577 g/mol. The largest absolute Gasteiger partial charge is 0.492 e. The number of morpholine rings is 1. The molecule has 0 spiro atoms. The summed E-state index contributed by atoms with van der Waals surface area (Å²) in [5.41, 5.74) is -3.76. The first kappa shape index (κ1) is 29.8. The van der Waals surface area contributed by atoms with Crippen molar-refractivity contribution in [2.75, 3.05) is 41.6 Å². The van der Waals surface area contributed by atoms with Crippen molar-refractivity contribution in [3.63, 3.8) is 0 Å². The van der Waals surface area contributed by atoms with Crippen molar-refractivity contribution in [1.29, 1.82) is 5.26 Å². The number of nitrogens with zero attached hydrogens (tertiary/aromatic N) is 3. The van der Waals surface area contributed by atoms with Gasteiger partial charge in [-0.05, 0) is 63.2 Å². The average Bonchev–Trinajstić information content (AvgIpc) is 3.28. The van der Waals surface area contributed by atoms with Gasteiger partial charge in [0.25, 0.3) is 0 Å². The number of nitrogens with one attached hydrogen (secondary N) is 1. The second kappa shape index (κ2) is 10.3. The van der Waals surface area contributed by atoms with E-state index in [1.807, 2.05) is 4.90 Å². The van der Waals surface area contributed by atoms with Crippen LogP contribution in [0, 0.1) is 23.2 Å². The van der Waals surface area contributed by atoms with Crippen LogP contribution in [-0.4, -0.2) is 68.3 Å². The second-order valence-electron chi connectivity index (χ2n) is 11.1. The Morgan fingerprint density at radius 2 is 1.67 bits per heavy atom. The highest BCUT2D eigenvalue weighted by molar-refractivity contribution is 7.92. The van der Waals surface area contributed by atoms with E-state index < -0.39 is 62.2 Å². The van der Waals surface area contributed by atoms with Crippen LogP contribution in [0.5, 0.6) is 5.75 Å². The van der Waals surface area contributed by atoms with Gasteiger partial charge in [0.05, 0.1) is 51.7 Å². The number of carbonyl (C=O) groups excluding carboxylic acids is 2. The topological polar surface area (TPSA) is 129 Å². The van der Waals surface area contributed by atoms with Gasteiger partial charge < -0.3 is 9.47 Å². The van der Waals surface area contributed by atoms with Crippen LogP contribution in [-0.2, 0) is 30.5 Å². The van der Waals surface area contributed by atoms with Gasteiger partial charge >= 0.3 is 6.18 Å². The molecule has 3 aliphatic heterocycles. The van der Waals surface area contributed by atoms with Gasteiger partial charge in [0, 0.05) is 25.3 Å². The van der Waals surface area contributed by atoms with Crippen LogP contribution in [0.15, 0.2) is 42.5 Å². The summed E-state index contributed by atoms with van der Waals surface area (Å²) < 4.78 is 78.8. The van der Waals surface area contributed by atoms with Crippen molar-refractivity contribution >= 4 is 33.2 Å². The van der Waals surface area contributed by atoms with Crippen molar-refractivity contribution in [3.8, 4) is 11.8 Å². The summed E-state index contributed by atoms with van der Waals surface area (Å²) in [7, 11) is -3.39. The highest BCUT2D eigenvalue weighted by atomic mass is 32.2. The third kappa shape index (κ3) is 5.21. The van der Waals surface area contributed by atoms with Gasteiger partial charge in [-0.1, -0.05) is 0 Å². The first-order valence-electron chi connectivity index (χ1n) is 13.3. The third-order valence-electron chi connectivity index (χ3n) is 8.03. The first-order valence-corrected chi connectivity index (χ1v) is 14.9. The van der Waals surface area contributed by atoms with Crippen molar-refractivity contribution in [3.05, 3.63) is 53.6 Å². The molecule has 224 valence electrons. The molecule has 0 radical (unpaired) electrons. The molecule has 1 N–H and O–H groups in total. The molecule has 0 saturated carbocycles. The molecule has 3 fully saturated rings. The zero-order chi connectivity index (χ0) is 30.7. The SMILES string of the molecule is CCS(=O)(=O)Nc1ccc(OCCN2C[C@@]3(C)O[C@@](C)(C2)[C@H]2C(=O)N(c4ccc(C#N)c(C(F)(F)F)c4)C(=O)[C@H]23)cc1. The van der Waals surface area contributed by atoms with E-state index >= 15 is 0 Å². The van der Waals surface area contributed by atoms with Crippen molar-refractivity contribution < 1.29 is 40.7 Å². The average molecular weight is 607 g/mol. The minimum atomic E-state index is -4.84. The quantitative estimate of drug-likeness (QED) is 0.453. The lowest BCUT2D eigenvalue weighted by Crippen LogP contribution is -2.58. The number of imide groups is 1. The Hall–Kier alpha value is -3.67. The standard InChI is InChI=1S/C28H29F3N4O6S/c1-4-42(38,39)33-18-6-9-20(10-7-18)40-12-11-34-15-26(2)22-23(27(3,16-34)41-26)25(37)35(24(22)36)19-8-5-17(14-32)21(13-19)28(29,30)31/h5-10,13,22-23,33H,4,11-12,15-16H2,1-3H3/t22-,23+,26+,27-. The fourth-order valence-electron chi connectivity index (χ4n) is 6.34. The number of sulfonamides is 1. The highest BCUT2D eigenvalue weighted by Gasteiger charge is 2.71. The van der Waals surface area contributed by atoms with E-state index in [4.69, 9.17) is 14.7 Å². The molecule has 2 amide bonds. The van der Waals surface area contributed by atoms with Crippen LogP contribution in [0.1, 0.15) is 31.9 Å². The summed E-state index contributed by atoms with van der Waals surface area (Å²) in [5, 5.41) is 9.11. The summed E-state index contributed by atoms with van der Waals surface area (Å²) in [5.74, 6) is -2.58. The van der Waals surface area contributed by atoms with E-state index in [1.165, 1.54) is 19.1 Å². The molecule has 42 heavy (non-hydrogen) atoms. The molecule has 5 rings (SSSR count). The zero-order valence-corrected chi connectivity index (χ0v) is 23.9. The summed E-state index contributed by atoms with van der Waals surface area (Å²) >= 11 is 0. The lowest BCUT2D eigenvalue weighted by atomic mass is 9.79. The number of fused-ring (bicyclic) bond motifs is 5. The Balaban J connectivity index is 1.28. The first-order chi connectivity index (χ1) is 19.6. The van der Waals surface area contributed by atoms with Crippen LogP contribution in [0.3, 0.4) is 0 Å². The Morgan fingerprint density at radius 1 is 1.07 bits per heavy atom. The number of benzene rings is 2. The van der Waals surface area contributed by atoms with Gasteiger partial charge in [-0.3, -0.25) is 19.2 Å². The second-order valence-corrected chi connectivity index (χ2v) is 13.1. The number of rotatable bonds is 8. The number of nitriles is 1. The lowest BCUT2D eigenvalue weighted by Gasteiger charge is -2.45. The summed E-state index contributed by atoms with van der Waals surface area (Å²) in [6.45, 7) is 6.28. The summed E-state index contributed by atoms with van der Waals surface area (Å²) in [4.78, 5) is 30.1. The molecule has 0 unspecified atom stereocenters. The zero-order valence-electron chi connectivity index (χ0n) is 23.1. The normalized spacial score (nSPS) is 27.6. The van der Waals surface area contributed by atoms with Crippen LogP contribution in [0.25, 0.3) is 0 Å². The predicted molar refractivity (Wildman–Crippen MR) is 145 cm³/mol. The molecule has 3 aliphatic rings. The summed E-state index contributed by atoms with van der Waals surface area (Å²) in [6.07, 6.45) is -4.84. The van der Waals surface area contributed by atoms with Crippen LogP contribution in [0.2, 0.25) is 0 Å². The van der Waals surface area contributed by atoms with E-state index in [9.17, 15) is 31.2 Å². The fraction of sp³-hybridized carbons (Fsp3) is 0.464. The molecule has 2 aromatic carbocycles. The van der Waals surface area contributed by atoms with Crippen molar-refractivity contribution in [1.82, 2.24) is 4.90 Å². The smallest absolute Gasteiger partial charge is 0.417 e. The van der Waals surface area contributed by atoms with E-state index in [2.05, 4.69) is 4.72 Å². The molecule has 2 aromatic rings. The number of alkyl halides is 3. The Labute approximate surface area is 241 Å². The number of ether oxygens (including phenoxy) is 2. The molecule has 0 aromatic heterocycles. The van der Waals surface area contributed by atoms with Crippen LogP contribution < -0.4 is 14.4 Å². The van der Waals surface area contributed by atoms with E-state index in [-0.39, 0.29) is 18.0 Å². The lowest BCUT2D eigenvalue weighted by molar-refractivity contribution is -0.169. The van der Waals surface area contributed by atoms with Gasteiger partial charge in [0.1, 0.15) is 12.4 Å². The minimum Gasteiger partial charge on any atom is -0.492 e. The maximum Gasteiger partial charge on any atom is 0.417 e. The number of hydrogen-bond acceptors (Lipinski definition) is 8. The molecule has 2 bridgehead atoms. The fourth-order valence-corrected chi connectivity index (χ4v) is 6.98. The molecule has 4 atom stereocenters. The van der Waals surface area contributed by atoms with Gasteiger partial charge in [-0.25, -0.2) is 13.3 Å². The maximum absolute atomic E-state index is 13.6. The van der Waals surface area contributed by atoms with E-state index in [0.29, 0.717) is 37.1 Å². The number of anilines is 2. The number of halogens is 3. The van der Waals surface area contributed by atoms with Crippen molar-refractivity contribution in [2.24, 2.45) is 11.8 Å². The monoisotopic (exact) mass is 606 g/mol. The van der Waals surface area contributed by atoms with Gasteiger partial charge in [-0.2, -0.15) is 18.4 Å². The Kier molecular flexibility index (Phi) is 7.28. The van der Waals surface area contributed by atoms with Gasteiger partial charge in [-0.15, -0.1) is 0 Å². The molecule has 10 nitrogen and oxygen atoms in total. The third-order valence-corrected chi connectivity index (χ3v) is 9.34. The van der Waals surface area contributed by atoms with Gasteiger partial charge in [0.2, 0.25) is 21.8 Å². The molecular formula is C28H29F3N4O6S. The Bertz CT molecular complexity index is 1540. The Morgan fingerprint density at radius 3 is 2.19 bits per heavy atom. The highest BCUT2D eigenvalue weighted by Crippen LogP contribution is 2.55. The van der Waals surface area contributed by atoms with Gasteiger partial charge in [0.15, 0.2) is 0 Å². The predicted octanol–water partition coefficient (Wildman–Crippen LogP) is 3.39.